The lowest BCUT2D eigenvalue weighted by Gasteiger charge is -2.26. The van der Waals surface area contributed by atoms with Crippen LogP contribution in [0.1, 0.15) is 38.3 Å². The van der Waals surface area contributed by atoms with Crippen LogP contribution in [0.2, 0.25) is 0 Å². The third-order valence-electron chi connectivity index (χ3n) is 3.55. The number of aryl methyl sites for hydroxylation is 1. The van der Waals surface area contributed by atoms with Crippen LogP contribution >= 0.6 is 0 Å². The van der Waals surface area contributed by atoms with Gasteiger partial charge in [0.15, 0.2) is 0 Å². The second kappa shape index (κ2) is 6.98. The van der Waals surface area contributed by atoms with E-state index in [1.165, 1.54) is 23.1 Å². The molecule has 0 bridgehead atoms. The summed E-state index contributed by atoms with van der Waals surface area (Å²) in [6, 6.07) is 3.89. The van der Waals surface area contributed by atoms with Gasteiger partial charge in [0.2, 0.25) is 0 Å². The lowest BCUT2D eigenvalue weighted by Crippen LogP contribution is -2.36. The zero-order valence-corrected chi connectivity index (χ0v) is 15.4. The minimum atomic E-state index is -5.75. The van der Waals surface area contributed by atoms with Gasteiger partial charge < -0.3 is 13.8 Å². The molecule has 0 aliphatic carbocycles. The van der Waals surface area contributed by atoms with Crippen molar-refractivity contribution in [3.05, 3.63) is 29.3 Å². The smallest absolute Gasteiger partial charge is 0.444 e. The van der Waals surface area contributed by atoms with E-state index in [-0.39, 0.29) is 6.54 Å². The number of fused-ring (bicyclic) bond motifs is 1. The Morgan fingerprint density at radius 2 is 1.81 bits per heavy atom. The molecular weight excluding hydrogens is 375 g/mol. The van der Waals surface area contributed by atoms with Crippen molar-refractivity contribution in [3.8, 4) is 5.75 Å². The standard InChI is InChI=1S/C16H20F3NO5S/c1-15(2,3)24-14(21)20-8-4-5-11-6-7-13(9-12(11)10-20)25-26(22,23)16(17,18)19/h6-7,9H,4-5,8,10H2,1-3H3. The Balaban J connectivity index is 2.24. The fraction of sp³-hybridized carbons (Fsp3) is 0.562. The molecule has 146 valence electrons. The van der Waals surface area contributed by atoms with Crippen LogP contribution in [0, 0.1) is 0 Å². The number of hydrogen-bond donors (Lipinski definition) is 0. The highest BCUT2D eigenvalue weighted by molar-refractivity contribution is 7.88. The first-order valence-corrected chi connectivity index (χ1v) is 9.30. The molecule has 1 heterocycles. The molecule has 1 amide bonds. The number of rotatable bonds is 2. The van der Waals surface area contributed by atoms with Crippen LogP contribution in [0.25, 0.3) is 0 Å². The second-order valence-electron chi connectivity index (χ2n) is 6.92. The van der Waals surface area contributed by atoms with Crippen molar-refractivity contribution >= 4 is 16.2 Å². The molecular formula is C16H20F3NO5S. The predicted molar refractivity (Wildman–Crippen MR) is 87.0 cm³/mol. The SMILES string of the molecule is CC(C)(C)OC(=O)N1CCCc2ccc(OS(=O)(=O)C(F)(F)F)cc2C1. The fourth-order valence-electron chi connectivity index (χ4n) is 2.45. The van der Waals surface area contributed by atoms with E-state index in [1.807, 2.05) is 0 Å². The van der Waals surface area contributed by atoms with Crippen LogP contribution < -0.4 is 4.18 Å². The Kier molecular flexibility index (Phi) is 5.46. The summed E-state index contributed by atoms with van der Waals surface area (Å²) in [7, 11) is -5.75. The molecule has 0 radical (unpaired) electrons. The molecule has 0 aromatic heterocycles. The quantitative estimate of drug-likeness (QED) is 0.565. The molecule has 0 N–H and O–H groups in total. The van der Waals surface area contributed by atoms with Gasteiger partial charge in [0.25, 0.3) is 0 Å². The minimum Gasteiger partial charge on any atom is -0.444 e. The van der Waals surface area contributed by atoms with Crippen molar-refractivity contribution in [2.45, 2.75) is 51.3 Å². The summed E-state index contributed by atoms with van der Waals surface area (Å²) in [5.74, 6) is -0.452. The molecule has 0 unspecified atom stereocenters. The number of alkyl halides is 3. The molecule has 0 fully saturated rings. The van der Waals surface area contributed by atoms with Gasteiger partial charge in [-0.25, -0.2) is 4.79 Å². The zero-order valence-electron chi connectivity index (χ0n) is 14.6. The highest BCUT2D eigenvalue weighted by Crippen LogP contribution is 2.30. The van der Waals surface area contributed by atoms with Crippen LogP contribution in [-0.4, -0.2) is 37.1 Å². The molecule has 0 atom stereocenters. The maximum Gasteiger partial charge on any atom is 0.534 e. The molecule has 6 nitrogen and oxygen atoms in total. The van der Waals surface area contributed by atoms with Gasteiger partial charge in [-0.2, -0.15) is 21.6 Å². The maximum absolute atomic E-state index is 12.5. The normalized spacial score (nSPS) is 15.8. The number of ether oxygens (including phenoxy) is 1. The van der Waals surface area contributed by atoms with E-state index in [0.29, 0.717) is 24.9 Å². The van der Waals surface area contributed by atoms with Crippen molar-refractivity contribution in [3.63, 3.8) is 0 Å². The van der Waals surface area contributed by atoms with E-state index in [0.717, 1.165) is 5.56 Å². The van der Waals surface area contributed by atoms with Crippen LogP contribution in [0.15, 0.2) is 18.2 Å². The van der Waals surface area contributed by atoms with Gasteiger partial charge in [-0.05, 0) is 56.9 Å². The van der Waals surface area contributed by atoms with E-state index in [9.17, 15) is 26.4 Å². The van der Waals surface area contributed by atoms with Crippen LogP contribution in [-0.2, 0) is 27.8 Å². The maximum atomic E-state index is 12.5. The lowest BCUT2D eigenvalue weighted by molar-refractivity contribution is -0.0500. The first-order valence-electron chi connectivity index (χ1n) is 7.89. The number of carbonyl (C=O) groups is 1. The number of benzene rings is 1. The van der Waals surface area contributed by atoms with Gasteiger partial charge >= 0.3 is 21.7 Å². The average Bonchev–Trinajstić information content (AvgIpc) is 2.65. The Morgan fingerprint density at radius 1 is 1.15 bits per heavy atom. The Labute approximate surface area is 150 Å². The second-order valence-corrected chi connectivity index (χ2v) is 8.46. The molecule has 1 aliphatic rings. The Bertz CT molecular complexity index is 784. The van der Waals surface area contributed by atoms with E-state index in [2.05, 4.69) is 4.18 Å². The molecule has 0 saturated heterocycles. The van der Waals surface area contributed by atoms with Crippen molar-refractivity contribution in [2.75, 3.05) is 6.54 Å². The number of hydrogen-bond acceptors (Lipinski definition) is 5. The molecule has 0 saturated carbocycles. The van der Waals surface area contributed by atoms with Gasteiger partial charge in [0.05, 0.1) is 0 Å². The summed E-state index contributed by atoms with van der Waals surface area (Å²) in [4.78, 5) is 13.7. The van der Waals surface area contributed by atoms with Gasteiger partial charge in [-0.15, -0.1) is 0 Å². The third kappa shape index (κ3) is 5.03. The van der Waals surface area contributed by atoms with Crippen LogP contribution in [0.5, 0.6) is 5.75 Å². The number of nitrogens with zero attached hydrogens (tertiary/aromatic N) is 1. The average molecular weight is 395 g/mol. The lowest BCUT2D eigenvalue weighted by atomic mass is 10.0. The molecule has 0 spiro atoms. The van der Waals surface area contributed by atoms with Crippen molar-refractivity contribution in [2.24, 2.45) is 0 Å². The third-order valence-corrected chi connectivity index (χ3v) is 4.53. The van der Waals surface area contributed by atoms with Crippen LogP contribution in [0.3, 0.4) is 0 Å². The van der Waals surface area contributed by atoms with E-state index >= 15 is 0 Å². The number of carbonyl (C=O) groups excluding carboxylic acids is 1. The van der Waals surface area contributed by atoms with Crippen molar-refractivity contribution in [1.29, 1.82) is 0 Å². The fourth-order valence-corrected chi connectivity index (χ4v) is 2.90. The first kappa shape index (κ1) is 20.3. The summed E-state index contributed by atoms with van der Waals surface area (Å²) in [5, 5.41) is 0. The van der Waals surface area contributed by atoms with E-state index in [4.69, 9.17) is 4.74 Å². The highest BCUT2D eigenvalue weighted by atomic mass is 32.2. The number of halogens is 3. The predicted octanol–water partition coefficient (Wildman–Crippen LogP) is 3.60. The van der Waals surface area contributed by atoms with E-state index < -0.39 is 33.1 Å². The monoisotopic (exact) mass is 395 g/mol. The summed E-state index contributed by atoms with van der Waals surface area (Å²) >= 11 is 0. The van der Waals surface area contributed by atoms with Gasteiger partial charge in [0.1, 0.15) is 11.4 Å². The van der Waals surface area contributed by atoms with E-state index in [1.54, 1.807) is 20.8 Å². The van der Waals surface area contributed by atoms with Gasteiger partial charge in [-0.1, -0.05) is 6.07 Å². The first-order chi connectivity index (χ1) is 11.8. The molecule has 1 aromatic carbocycles. The molecule has 1 aliphatic heterocycles. The van der Waals surface area contributed by atoms with Crippen molar-refractivity contribution < 1.29 is 35.3 Å². The van der Waals surface area contributed by atoms with Gasteiger partial charge in [-0.3, -0.25) is 0 Å². The molecule has 1 aromatic rings. The topological polar surface area (TPSA) is 72.9 Å². The van der Waals surface area contributed by atoms with Crippen LogP contribution in [0.4, 0.5) is 18.0 Å². The molecule has 2 rings (SSSR count). The summed E-state index contributed by atoms with van der Waals surface area (Å²) in [6.45, 7) is 5.69. The largest absolute Gasteiger partial charge is 0.534 e. The minimum absolute atomic E-state index is 0.0908. The zero-order chi connectivity index (χ0) is 19.8. The highest BCUT2D eigenvalue weighted by Gasteiger charge is 2.48. The van der Waals surface area contributed by atoms with Gasteiger partial charge in [0, 0.05) is 13.1 Å². The summed E-state index contributed by atoms with van der Waals surface area (Å²) in [6.07, 6.45) is 0.702. The molecule has 26 heavy (non-hydrogen) atoms. The summed E-state index contributed by atoms with van der Waals surface area (Å²) < 4.78 is 69.2. The van der Waals surface area contributed by atoms with Crippen molar-refractivity contribution in [1.82, 2.24) is 4.90 Å². The summed E-state index contributed by atoms with van der Waals surface area (Å²) in [5.41, 5.74) is -4.86. The molecule has 10 heteroatoms. The Hall–Kier alpha value is -1.97. The Morgan fingerprint density at radius 3 is 2.38 bits per heavy atom. The number of amides is 1.